The van der Waals surface area contributed by atoms with Crippen LogP contribution in [-0.4, -0.2) is 34.4 Å². The van der Waals surface area contributed by atoms with E-state index in [1.165, 1.54) is 10.6 Å². The van der Waals surface area contributed by atoms with Gasteiger partial charge < -0.3 is 14.8 Å². The van der Waals surface area contributed by atoms with Crippen LogP contribution in [0.3, 0.4) is 0 Å². The average molecular weight is 353 g/mol. The van der Waals surface area contributed by atoms with Gasteiger partial charge in [-0.2, -0.15) is 0 Å². The minimum absolute atomic E-state index is 0.0517. The Hall–Kier alpha value is -2.89. The van der Waals surface area contributed by atoms with Crippen molar-refractivity contribution in [3.63, 3.8) is 0 Å². The molecule has 0 radical (unpaired) electrons. The van der Waals surface area contributed by atoms with E-state index in [1.54, 1.807) is 24.2 Å². The minimum Gasteiger partial charge on any atom is -0.342 e. The highest BCUT2D eigenvalue weighted by molar-refractivity contribution is 5.93. The molecule has 0 saturated carbocycles. The molecule has 2 aromatic rings. The second-order valence-corrected chi connectivity index (χ2v) is 6.70. The number of rotatable bonds is 4. The van der Waals surface area contributed by atoms with Crippen molar-refractivity contribution < 1.29 is 9.59 Å². The van der Waals surface area contributed by atoms with Crippen LogP contribution in [0.2, 0.25) is 0 Å². The number of aryl methyl sites for hydroxylation is 1. The number of anilines is 1. The van der Waals surface area contributed by atoms with E-state index in [2.05, 4.69) is 5.32 Å². The van der Waals surface area contributed by atoms with Crippen LogP contribution in [0.25, 0.3) is 0 Å². The molecule has 6 heteroatoms. The molecule has 136 valence electrons. The number of hydrogen-bond acceptors (Lipinski definition) is 3. The highest BCUT2D eigenvalue weighted by Gasteiger charge is 2.28. The van der Waals surface area contributed by atoms with Gasteiger partial charge in [0.15, 0.2) is 0 Å². The van der Waals surface area contributed by atoms with E-state index in [0.29, 0.717) is 25.2 Å². The zero-order valence-electron chi connectivity index (χ0n) is 14.9. The Morgan fingerprint density at radius 3 is 2.65 bits per heavy atom. The number of benzene rings is 1. The average Bonchev–Trinajstić information content (AvgIpc) is 2.65. The normalized spacial score (nSPS) is 17.0. The summed E-state index contributed by atoms with van der Waals surface area (Å²) in [6, 6.07) is 12.7. The smallest absolute Gasteiger partial charge is 0.250 e. The third-order valence-electron chi connectivity index (χ3n) is 4.70. The maximum absolute atomic E-state index is 12.6. The van der Waals surface area contributed by atoms with Gasteiger partial charge in [0.2, 0.25) is 17.4 Å². The zero-order chi connectivity index (χ0) is 18.5. The van der Waals surface area contributed by atoms with Gasteiger partial charge in [0, 0.05) is 32.4 Å². The summed E-state index contributed by atoms with van der Waals surface area (Å²) in [4.78, 5) is 38.3. The molecule has 1 aromatic carbocycles. The summed E-state index contributed by atoms with van der Waals surface area (Å²) in [5, 5.41) is 2.85. The standard InChI is InChI=1S/C20H23N3O3/c1-22-14-17(9-10-18(22)24)21-20(26)16-8-5-11-23(13-16)19(25)12-15-6-3-2-4-7-15/h2-4,6-7,9-10,14,16H,5,8,11-13H2,1H3,(H,21,26). The number of amides is 2. The Kier molecular flexibility index (Phi) is 5.51. The Morgan fingerprint density at radius 2 is 1.92 bits per heavy atom. The molecule has 0 aliphatic carbocycles. The van der Waals surface area contributed by atoms with Crippen LogP contribution in [0.4, 0.5) is 5.69 Å². The fraction of sp³-hybridized carbons (Fsp3) is 0.350. The van der Waals surface area contributed by atoms with E-state index in [-0.39, 0.29) is 23.3 Å². The molecule has 1 fully saturated rings. The predicted molar refractivity (Wildman–Crippen MR) is 99.8 cm³/mol. The van der Waals surface area contributed by atoms with Crippen molar-refractivity contribution in [2.24, 2.45) is 13.0 Å². The summed E-state index contributed by atoms with van der Waals surface area (Å²) in [7, 11) is 1.64. The molecule has 1 aliphatic rings. The quantitative estimate of drug-likeness (QED) is 0.911. The number of hydrogen-bond donors (Lipinski definition) is 1. The summed E-state index contributed by atoms with van der Waals surface area (Å²) in [6.45, 7) is 1.12. The summed E-state index contributed by atoms with van der Waals surface area (Å²) in [5.74, 6) is -0.294. The highest BCUT2D eigenvalue weighted by atomic mass is 16.2. The number of piperidine rings is 1. The van der Waals surface area contributed by atoms with Gasteiger partial charge in [0.1, 0.15) is 0 Å². The molecule has 0 spiro atoms. The molecule has 6 nitrogen and oxygen atoms in total. The van der Waals surface area contributed by atoms with Crippen LogP contribution in [0.15, 0.2) is 53.5 Å². The van der Waals surface area contributed by atoms with Gasteiger partial charge in [-0.1, -0.05) is 30.3 Å². The van der Waals surface area contributed by atoms with Crippen molar-refractivity contribution in [1.82, 2.24) is 9.47 Å². The van der Waals surface area contributed by atoms with Gasteiger partial charge >= 0.3 is 0 Å². The number of aromatic nitrogens is 1. The van der Waals surface area contributed by atoms with Crippen LogP contribution in [0.1, 0.15) is 18.4 Å². The molecule has 1 atom stereocenters. The lowest BCUT2D eigenvalue weighted by Crippen LogP contribution is -2.44. The molecule has 1 unspecified atom stereocenters. The first-order chi connectivity index (χ1) is 12.5. The minimum atomic E-state index is -0.235. The zero-order valence-corrected chi connectivity index (χ0v) is 14.9. The van der Waals surface area contributed by atoms with Crippen molar-refractivity contribution in [3.8, 4) is 0 Å². The Morgan fingerprint density at radius 1 is 1.15 bits per heavy atom. The third kappa shape index (κ3) is 4.39. The number of nitrogens with one attached hydrogen (secondary N) is 1. The second-order valence-electron chi connectivity index (χ2n) is 6.70. The topological polar surface area (TPSA) is 71.4 Å². The number of carbonyl (C=O) groups is 2. The van der Waals surface area contributed by atoms with E-state index in [0.717, 1.165) is 18.4 Å². The van der Waals surface area contributed by atoms with Gasteiger partial charge in [-0.15, -0.1) is 0 Å². The molecule has 1 saturated heterocycles. The van der Waals surface area contributed by atoms with E-state index in [1.807, 2.05) is 30.3 Å². The van der Waals surface area contributed by atoms with Crippen molar-refractivity contribution in [2.45, 2.75) is 19.3 Å². The van der Waals surface area contributed by atoms with Crippen LogP contribution in [-0.2, 0) is 23.1 Å². The maximum atomic E-state index is 12.6. The van der Waals surface area contributed by atoms with Gasteiger partial charge in [0.05, 0.1) is 18.0 Å². The first-order valence-corrected chi connectivity index (χ1v) is 8.82. The Labute approximate surface area is 152 Å². The third-order valence-corrected chi connectivity index (χ3v) is 4.70. The lowest BCUT2D eigenvalue weighted by molar-refractivity contribution is -0.133. The SMILES string of the molecule is Cn1cc(NC(=O)C2CCCN(C(=O)Cc3ccccc3)C2)ccc1=O. The lowest BCUT2D eigenvalue weighted by Gasteiger charge is -2.32. The fourth-order valence-corrected chi connectivity index (χ4v) is 3.21. The molecule has 3 rings (SSSR count). The van der Waals surface area contributed by atoms with Crippen LogP contribution >= 0.6 is 0 Å². The van der Waals surface area contributed by atoms with Crippen LogP contribution in [0.5, 0.6) is 0 Å². The molecular weight excluding hydrogens is 330 g/mol. The van der Waals surface area contributed by atoms with E-state index < -0.39 is 0 Å². The number of pyridine rings is 1. The van der Waals surface area contributed by atoms with Crippen molar-refractivity contribution >= 4 is 17.5 Å². The number of carbonyl (C=O) groups excluding carboxylic acids is 2. The van der Waals surface area contributed by atoms with Gasteiger partial charge in [0.25, 0.3) is 0 Å². The highest BCUT2D eigenvalue weighted by Crippen LogP contribution is 2.19. The molecule has 26 heavy (non-hydrogen) atoms. The van der Waals surface area contributed by atoms with Gasteiger partial charge in [-0.25, -0.2) is 0 Å². The second kappa shape index (κ2) is 7.99. The Balaban J connectivity index is 1.60. The summed E-state index contributed by atoms with van der Waals surface area (Å²) < 4.78 is 1.42. The van der Waals surface area contributed by atoms with Crippen molar-refractivity contribution in [3.05, 3.63) is 64.6 Å². The van der Waals surface area contributed by atoms with Crippen molar-refractivity contribution in [1.29, 1.82) is 0 Å². The maximum Gasteiger partial charge on any atom is 0.250 e. The Bertz CT molecular complexity index is 845. The lowest BCUT2D eigenvalue weighted by atomic mass is 9.96. The summed E-state index contributed by atoms with van der Waals surface area (Å²) >= 11 is 0. The molecule has 2 heterocycles. The van der Waals surface area contributed by atoms with Gasteiger partial charge in [-0.3, -0.25) is 14.4 Å². The van der Waals surface area contributed by atoms with Gasteiger partial charge in [-0.05, 0) is 24.5 Å². The van der Waals surface area contributed by atoms with E-state index in [4.69, 9.17) is 0 Å². The van der Waals surface area contributed by atoms with Crippen LogP contribution in [0, 0.1) is 5.92 Å². The molecule has 2 amide bonds. The number of likely N-dealkylation sites (tertiary alicyclic amines) is 1. The monoisotopic (exact) mass is 353 g/mol. The summed E-state index contributed by atoms with van der Waals surface area (Å²) in [6.07, 6.45) is 3.52. The molecular formula is C20H23N3O3. The fourth-order valence-electron chi connectivity index (χ4n) is 3.21. The number of nitrogens with zero attached hydrogens (tertiary/aromatic N) is 2. The molecule has 0 bridgehead atoms. The van der Waals surface area contributed by atoms with Crippen molar-refractivity contribution in [2.75, 3.05) is 18.4 Å². The first-order valence-electron chi connectivity index (χ1n) is 8.82. The predicted octanol–water partition coefficient (Wildman–Crippen LogP) is 1.81. The molecule has 1 N–H and O–H groups in total. The summed E-state index contributed by atoms with van der Waals surface area (Å²) in [5.41, 5.74) is 1.44. The van der Waals surface area contributed by atoms with Crippen LogP contribution < -0.4 is 10.9 Å². The largest absolute Gasteiger partial charge is 0.342 e. The van der Waals surface area contributed by atoms with E-state index >= 15 is 0 Å². The molecule has 1 aliphatic heterocycles. The van der Waals surface area contributed by atoms with E-state index in [9.17, 15) is 14.4 Å². The molecule has 1 aromatic heterocycles. The first kappa shape index (κ1) is 17.9.